The summed E-state index contributed by atoms with van der Waals surface area (Å²) in [6.45, 7) is 0. The van der Waals surface area contributed by atoms with E-state index in [2.05, 4.69) is 10.1 Å². The van der Waals surface area contributed by atoms with E-state index in [9.17, 15) is 13.2 Å². The van der Waals surface area contributed by atoms with Gasteiger partial charge >= 0.3 is 6.18 Å². The van der Waals surface area contributed by atoms with Crippen LogP contribution in [-0.2, 0) is 6.18 Å². The van der Waals surface area contributed by atoms with Crippen molar-refractivity contribution in [1.29, 1.82) is 0 Å². The van der Waals surface area contributed by atoms with E-state index in [0.717, 1.165) is 22.1 Å². The van der Waals surface area contributed by atoms with Crippen LogP contribution in [0.5, 0.6) is 0 Å². The van der Waals surface area contributed by atoms with Gasteiger partial charge in [0.2, 0.25) is 5.13 Å². The van der Waals surface area contributed by atoms with Gasteiger partial charge in [-0.2, -0.15) is 18.3 Å². The first kappa shape index (κ1) is 9.97. The highest BCUT2D eigenvalue weighted by molar-refractivity contribution is 7.17. The number of nitrogens with zero attached hydrogens (tertiary/aromatic N) is 3. The van der Waals surface area contributed by atoms with Gasteiger partial charge in [0.15, 0.2) is 5.69 Å². The molecule has 0 saturated heterocycles. The molecule has 0 bridgehead atoms. The summed E-state index contributed by atoms with van der Waals surface area (Å²) in [6, 6.07) is 0.886. The summed E-state index contributed by atoms with van der Waals surface area (Å²) in [5.74, 6) is 0. The van der Waals surface area contributed by atoms with Crippen molar-refractivity contribution in [2.24, 2.45) is 0 Å². The first-order chi connectivity index (χ1) is 6.97. The van der Waals surface area contributed by atoms with Crippen molar-refractivity contribution < 1.29 is 13.2 Å². The molecule has 2 rings (SSSR count). The molecule has 0 spiro atoms. The van der Waals surface area contributed by atoms with Crippen LogP contribution in [0.3, 0.4) is 0 Å². The molecule has 0 aromatic carbocycles. The number of alkyl halides is 3. The first-order valence-electron chi connectivity index (χ1n) is 3.81. The van der Waals surface area contributed by atoms with E-state index in [0.29, 0.717) is 10.1 Å². The molecule has 0 aliphatic rings. The zero-order chi connectivity index (χ0) is 11.1. The number of nitrogen functional groups attached to an aromatic ring is 1. The zero-order valence-electron chi connectivity index (χ0n) is 7.19. The predicted molar refractivity (Wildman–Crippen MR) is 48.7 cm³/mol. The molecule has 4 nitrogen and oxygen atoms in total. The topological polar surface area (TPSA) is 56.7 Å². The molecular weight excluding hydrogens is 229 g/mol. The molecule has 2 aromatic heterocycles. The quantitative estimate of drug-likeness (QED) is 0.820. The average Bonchev–Trinajstić information content (AvgIpc) is 2.69. The molecule has 80 valence electrons. The molecule has 0 unspecified atom stereocenters. The highest BCUT2D eigenvalue weighted by atomic mass is 32.1. The Balaban J connectivity index is 2.36. The Bertz CT molecular complexity index is 473. The standard InChI is InChI=1S/C7H5F3N4S/c8-7(9,10)4-1-2-14(13-4)6-12-3-5(11)15-6/h1-3H,11H2. The van der Waals surface area contributed by atoms with Crippen LogP contribution < -0.4 is 5.73 Å². The summed E-state index contributed by atoms with van der Waals surface area (Å²) in [5.41, 5.74) is 4.45. The second-order valence-corrected chi connectivity index (χ2v) is 3.73. The van der Waals surface area contributed by atoms with E-state index < -0.39 is 11.9 Å². The van der Waals surface area contributed by atoms with E-state index >= 15 is 0 Å². The summed E-state index contributed by atoms with van der Waals surface area (Å²) in [7, 11) is 0. The van der Waals surface area contributed by atoms with Crippen LogP contribution in [-0.4, -0.2) is 14.8 Å². The summed E-state index contributed by atoms with van der Waals surface area (Å²) in [4.78, 5) is 3.81. The molecule has 8 heteroatoms. The molecule has 15 heavy (non-hydrogen) atoms. The van der Waals surface area contributed by atoms with E-state index in [1.165, 1.54) is 12.4 Å². The number of aromatic nitrogens is 3. The van der Waals surface area contributed by atoms with Gasteiger partial charge in [-0.25, -0.2) is 9.67 Å². The molecule has 2 aromatic rings. The van der Waals surface area contributed by atoms with Crippen LogP contribution in [0.4, 0.5) is 18.2 Å². The fourth-order valence-electron chi connectivity index (χ4n) is 0.965. The van der Waals surface area contributed by atoms with Crippen LogP contribution in [0.1, 0.15) is 5.69 Å². The number of nitrogens with two attached hydrogens (primary N) is 1. The average molecular weight is 234 g/mol. The second-order valence-electron chi connectivity index (χ2n) is 2.69. The van der Waals surface area contributed by atoms with Crippen molar-refractivity contribution in [2.75, 3.05) is 5.73 Å². The maximum absolute atomic E-state index is 12.2. The lowest BCUT2D eigenvalue weighted by molar-refractivity contribution is -0.141. The van der Waals surface area contributed by atoms with Crippen molar-refractivity contribution in [3.05, 3.63) is 24.2 Å². The van der Waals surface area contributed by atoms with E-state index in [1.807, 2.05) is 0 Å². The van der Waals surface area contributed by atoms with Gasteiger partial charge in [0, 0.05) is 6.20 Å². The van der Waals surface area contributed by atoms with Crippen molar-refractivity contribution in [3.8, 4) is 5.13 Å². The molecule has 0 amide bonds. The summed E-state index contributed by atoms with van der Waals surface area (Å²) in [5, 5.41) is 4.08. The van der Waals surface area contributed by atoms with E-state index in [1.54, 1.807) is 0 Å². The Morgan fingerprint density at radius 1 is 1.40 bits per heavy atom. The Labute approximate surface area is 86.2 Å². The minimum atomic E-state index is -4.44. The zero-order valence-corrected chi connectivity index (χ0v) is 8.01. The van der Waals surface area contributed by atoms with Gasteiger partial charge in [0.05, 0.1) is 6.20 Å². The number of hydrogen-bond acceptors (Lipinski definition) is 4. The molecule has 0 atom stereocenters. The Hall–Kier alpha value is -1.57. The maximum Gasteiger partial charge on any atom is 0.435 e. The Morgan fingerprint density at radius 2 is 2.13 bits per heavy atom. The fraction of sp³-hybridized carbons (Fsp3) is 0.143. The van der Waals surface area contributed by atoms with Crippen molar-refractivity contribution in [1.82, 2.24) is 14.8 Å². The molecule has 2 N–H and O–H groups in total. The van der Waals surface area contributed by atoms with Gasteiger partial charge in [-0.1, -0.05) is 11.3 Å². The molecule has 0 saturated carbocycles. The third kappa shape index (κ3) is 1.94. The fourth-order valence-corrected chi connectivity index (χ4v) is 1.58. The summed E-state index contributed by atoms with van der Waals surface area (Å²) < 4.78 is 37.7. The number of anilines is 1. The Kier molecular flexibility index (Phi) is 2.14. The van der Waals surface area contributed by atoms with Crippen LogP contribution in [0.15, 0.2) is 18.5 Å². The third-order valence-corrected chi connectivity index (χ3v) is 2.40. The number of hydrogen-bond donors (Lipinski definition) is 1. The molecule has 0 fully saturated rings. The molecular formula is C7H5F3N4S. The van der Waals surface area contributed by atoms with Crippen LogP contribution in [0.25, 0.3) is 5.13 Å². The lowest BCUT2D eigenvalue weighted by Crippen LogP contribution is -2.07. The van der Waals surface area contributed by atoms with Crippen molar-refractivity contribution in [2.45, 2.75) is 6.18 Å². The van der Waals surface area contributed by atoms with Gasteiger partial charge in [-0.3, -0.25) is 0 Å². The monoisotopic (exact) mass is 234 g/mol. The summed E-state index contributed by atoms with van der Waals surface area (Å²) >= 11 is 1.06. The van der Waals surface area contributed by atoms with E-state index in [-0.39, 0.29) is 0 Å². The van der Waals surface area contributed by atoms with Crippen LogP contribution in [0.2, 0.25) is 0 Å². The minimum Gasteiger partial charge on any atom is -0.389 e. The predicted octanol–water partition coefficient (Wildman–Crippen LogP) is 1.93. The summed E-state index contributed by atoms with van der Waals surface area (Å²) in [6.07, 6.45) is -1.87. The molecule has 0 aliphatic heterocycles. The highest BCUT2D eigenvalue weighted by Crippen LogP contribution is 2.28. The van der Waals surface area contributed by atoms with E-state index in [4.69, 9.17) is 5.73 Å². The Morgan fingerprint density at radius 3 is 2.60 bits per heavy atom. The lowest BCUT2D eigenvalue weighted by Gasteiger charge is -2.00. The number of thiazole rings is 1. The second kappa shape index (κ2) is 3.23. The van der Waals surface area contributed by atoms with Gasteiger partial charge < -0.3 is 5.73 Å². The third-order valence-electron chi connectivity index (χ3n) is 1.59. The smallest absolute Gasteiger partial charge is 0.389 e. The number of rotatable bonds is 1. The molecule has 2 heterocycles. The first-order valence-corrected chi connectivity index (χ1v) is 4.63. The van der Waals surface area contributed by atoms with Gasteiger partial charge in [0.1, 0.15) is 5.00 Å². The largest absolute Gasteiger partial charge is 0.435 e. The van der Waals surface area contributed by atoms with Gasteiger partial charge in [-0.15, -0.1) is 0 Å². The highest BCUT2D eigenvalue weighted by Gasteiger charge is 2.33. The molecule has 0 aliphatic carbocycles. The van der Waals surface area contributed by atoms with Gasteiger partial charge in [0.25, 0.3) is 0 Å². The maximum atomic E-state index is 12.2. The SMILES string of the molecule is Nc1cnc(-n2ccc(C(F)(F)F)n2)s1. The number of halogens is 3. The van der Waals surface area contributed by atoms with Gasteiger partial charge in [-0.05, 0) is 6.07 Å². The van der Waals surface area contributed by atoms with Crippen molar-refractivity contribution in [3.63, 3.8) is 0 Å². The normalized spacial score (nSPS) is 11.9. The molecule has 0 radical (unpaired) electrons. The van der Waals surface area contributed by atoms with Crippen LogP contribution in [0, 0.1) is 0 Å². The van der Waals surface area contributed by atoms with Crippen molar-refractivity contribution >= 4 is 16.3 Å². The minimum absolute atomic E-state index is 0.308. The lowest BCUT2D eigenvalue weighted by atomic mass is 10.4. The van der Waals surface area contributed by atoms with Crippen LogP contribution >= 0.6 is 11.3 Å².